The molecule has 0 radical (unpaired) electrons. The molecular weight excluding hydrogens is 861 g/mol. The van der Waals surface area contributed by atoms with Crippen LogP contribution in [0, 0.1) is 34.6 Å². The number of methoxy groups -OCH3 is 2. The normalized spacial score (nSPS) is 11.5. The number of hydrogen-bond donors (Lipinski definition) is 8. The number of esters is 2. The van der Waals surface area contributed by atoms with Gasteiger partial charge in [0.05, 0.1) is 48.1 Å². The van der Waals surface area contributed by atoms with Crippen LogP contribution in [0.25, 0.3) is 0 Å². The standard InChI is InChI=1S/C28H33N5O5.C20H27N5O4/c1-17-8-5-11-21(14-17)25(35)30-16-23(27(37)38-4)33-26(36)24-18(2)31-28(32-19(24)3)29-13-7-10-20-9-6-12-22(34)15-20;1-12-17(18(27)25-16(11-21)19(28)29-3)13(2)24-20(23-12)22-9-5-7-14-6-4-8-15(26)10-14/h5-6,8-9,11-12,14-15,23,34H,7,10,13,16H2,1-4H3,(H,30,35)(H,33,36)(H,29,31,32);4,6,8,10,16,26H,5,7,9,11,21H2,1-3H3,(H,25,27)(H,22,23,24)/t23-;16-/m00/s1. The number of ether oxygens (including phenoxy) is 2. The van der Waals surface area contributed by atoms with Crippen LogP contribution in [0.4, 0.5) is 11.9 Å². The molecule has 0 aliphatic rings. The highest BCUT2D eigenvalue weighted by molar-refractivity contribution is 6.00. The molecule has 19 heteroatoms. The number of carbonyl (C=O) groups is 5. The summed E-state index contributed by atoms with van der Waals surface area (Å²) in [6.45, 7) is 9.68. The van der Waals surface area contributed by atoms with Crippen molar-refractivity contribution < 1.29 is 43.7 Å². The van der Waals surface area contributed by atoms with Crippen LogP contribution in [0.1, 0.15) is 83.4 Å². The van der Waals surface area contributed by atoms with Crippen molar-refractivity contribution in [1.82, 2.24) is 35.9 Å². The Kier molecular flexibility index (Phi) is 19.9. The highest BCUT2D eigenvalue weighted by Gasteiger charge is 2.26. The van der Waals surface area contributed by atoms with E-state index < -0.39 is 35.8 Å². The maximum Gasteiger partial charge on any atom is 0.330 e. The van der Waals surface area contributed by atoms with Gasteiger partial charge in [0.1, 0.15) is 23.6 Å². The van der Waals surface area contributed by atoms with Crippen LogP contribution in [-0.2, 0) is 31.9 Å². The van der Waals surface area contributed by atoms with Crippen molar-refractivity contribution in [1.29, 1.82) is 0 Å². The molecule has 0 saturated carbocycles. The number of phenolic OH excluding ortho intramolecular Hbond substituents is 2. The highest BCUT2D eigenvalue weighted by atomic mass is 16.5. The van der Waals surface area contributed by atoms with E-state index in [1.54, 1.807) is 76.2 Å². The molecular formula is C48H60N10O9. The molecule has 0 spiro atoms. The summed E-state index contributed by atoms with van der Waals surface area (Å²) in [5, 5.41) is 33.2. The first-order valence-electron chi connectivity index (χ1n) is 21.6. The minimum absolute atomic E-state index is 0.0732. The summed E-state index contributed by atoms with van der Waals surface area (Å²) in [5.74, 6) is -1.38. The average molecular weight is 921 g/mol. The second-order valence-electron chi connectivity index (χ2n) is 15.5. The number of amides is 3. The lowest BCUT2D eigenvalue weighted by molar-refractivity contribution is -0.143. The van der Waals surface area contributed by atoms with Gasteiger partial charge in [-0.3, -0.25) is 14.4 Å². The zero-order chi connectivity index (χ0) is 49.0. The van der Waals surface area contributed by atoms with E-state index in [0.29, 0.717) is 58.9 Å². The Balaban J connectivity index is 0.000000304. The fourth-order valence-electron chi connectivity index (χ4n) is 6.89. The van der Waals surface area contributed by atoms with Gasteiger partial charge in [0, 0.05) is 31.7 Å². The zero-order valence-electron chi connectivity index (χ0n) is 38.9. The molecule has 356 valence electrons. The summed E-state index contributed by atoms with van der Waals surface area (Å²) in [4.78, 5) is 79.6. The number of carbonyl (C=O) groups excluding carboxylic acids is 5. The van der Waals surface area contributed by atoms with Gasteiger partial charge in [0.25, 0.3) is 17.7 Å². The molecule has 0 unspecified atom stereocenters. The van der Waals surface area contributed by atoms with Crippen LogP contribution in [0.15, 0.2) is 72.8 Å². The summed E-state index contributed by atoms with van der Waals surface area (Å²) in [6, 6.07) is 19.3. The van der Waals surface area contributed by atoms with E-state index in [1.165, 1.54) is 14.2 Å². The maximum atomic E-state index is 13.1. The fraction of sp³-hybridized carbons (Fsp3) is 0.354. The molecule has 9 N–H and O–H groups in total. The summed E-state index contributed by atoms with van der Waals surface area (Å²) < 4.78 is 9.44. The molecule has 19 nitrogen and oxygen atoms in total. The smallest absolute Gasteiger partial charge is 0.330 e. The van der Waals surface area contributed by atoms with Crippen LogP contribution in [0.5, 0.6) is 11.5 Å². The number of rotatable bonds is 20. The minimum Gasteiger partial charge on any atom is -0.508 e. The number of hydrogen-bond acceptors (Lipinski definition) is 16. The van der Waals surface area contributed by atoms with E-state index in [0.717, 1.165) is 42.4 Å². The Bertz CT molecular complexity index is 2470. The first-order valence-corrected chi connectivity index (χ1v) is 21.6. The Morgan fingerprint density at radius 2 is 1.03 bits per heavy atom. The Morgan fingerprint density at radius 1 is 0.597 bits per heavy atom. The summed E-state index contributed by atoms with van der Waals surface area (Å²) in [5.41, 5.74) is 11.4. The number of aryl methyl sites for hydroxylation is 7. The van der Waals surface area contributed by atoms with Crippen molar-refractivity contribution in [3.63, 3.8) is 0 Å². The number of nitrogens with one attached hydrogen (secondary N) is 5. The number of phenols is 2. The number of aromatic nitrogens is 4. The van der Waals surface area contributed by atoms with Gasteiger partial charge in [-0.1, -0.05) is 42.0 Å². The van der Waals surface area contributed by atoms with Gasteiger partial charge in [-0.25, -0.2) is 29.5 Å². The minimum atomic E-state index is -1.10. The SMILES string of the molecule is COC(=O)[C@H](CN)NC(=O)c1c(C)nc(NCCCc2cccc(O)c2)nc1C.COC(=O)[C@H](CNC(=O)c1cccc(C)c1)NC(=O)c1c(C)nc(NCCCc2cccc(O)c2)nc1C. The van der Waals surface area contributed by atoms with E-state index in [2.05, 4.69) is 51.3 Å². The monoisotopic (exact) mass is 920 g/mol. The first kappa shape index (κ1) is 52.0. The zero-order valence-corrected chi connectivity index (χ0v) is 38.9. The second kappa shape index (κ2) is 25.7. The van der Waals surface area contributed by atoms with Crippen LogP contribution in [-0.4, -0.2) is 112 Å². The van der Waals surface area contributed by atoms with E-state index in [1.807, 2.05) is 31.2 Å². The summed E-state index contributed by atoms with van der Waals surface area (Å²) >= 11 is 0. The van der Waals surface area contributed by atoms with Gasteiger partial charge in [-0.2, -0.15) is 0 Å². The van der Waals surface area contributed by atoms with Gasteiger partial charge >= 0.3 is 11.9 Å². The molecule has 5 aromatic rings. The van der Waals surface area contributed by atoms with Crippen molar-refractivity contribution in [3.8, 4) is 11.5 Å². The van der Waals surface area contributed by atoms with Crippen LogP contribution in [0.2, 0.25) is 0 Å². The number of anilines is 2. The molecule has 67 heavy (non-hydrogen) atoms. The Morgan fingerprint density at radius 3 is 1.45 bits per heavy atom. The Hall–Kier alpha value is -7.67. The molecule has 5 rings (SSSR count). The number of benzene rings is 3. The third-order valence-corrected chi connectivity index (χ3v) is 10.2. The molecule has 0 bridgehead atoms. The molecule has 2 atom stereocenters. The van der Waals surface area contributed by atoms with Crippen molar-refractivity contribution in [2.75, 3.05) is 51.0 Å². The molecule has 2 heterocycles. The fourth-order valence-corrected chi connectivity index (χ4v) is 6.89. The number of nitrogens with zero attached hydrogens (tertiary/aromatic N) is 4. The van der Waals surface area contributed by atoms with Gasteiger partial charge in [-0.15, -0.1) is 0 Å². The quantitative estimate of drug-likeness (QED) is 0.0406. The van der Waals surface area contributed by atoms with Crippen LogP contribution in [0.3, 0.4) is 0 Å². The van der Waals surface area contributed by atoms with Crippen molar-refractivity contribution >= 4 is 41.6 Å². The molecule has 3 aromatic carbocycles. The van der Waals surface area contributed by atoms with Gasteiger partial charge in [0.15, 0.2) is 0 Å². The molecule has 0 aliphatic heterocycles. The van der Waals surface area contributed by atoms with Crippen molar-refractivity contribution in [2.45, 2.75) is 72.4 Å². The van der Waals surface area contributed by atoms with Gasteiger partial charge in [0.2, 0.25) is 11.9 Å². The third-order valence-electron chi connectivity index (χ3n) is 10.2. The van der Waals surface area contributed by atoms with E-state index in [-0.39, 0.29) is 36.1 Å². The van der Waals surface area contributed by atoms with Gasteiger partial charge in [-0.05, 0) is 108 Å². The number of nitrogens with two attached hydrogens (primary N) is 1. The lowest BCUT2D eigenvalue weighted by Crippen LogP contribution is -2.49. The predicted octanol–water partition coefficient (Wildman–Crippen LogP) is 3.93. The first-order chi connectivity index (χ1) is 32.0. The van der Waals surface area contributed by atoms with Crippen LogP contribution < -0.4 is 32.3 Å². The van der Waals surface area contributed by atoms with Crippen molar-refractivity contribution in [2.24, 2.45) is 5.73 Å². The summed E-state index contributed by atoms with van der Waals surface area (Å²) in [6.07, 6.45) is 3.19. The lowest BCUT2D eigenvalue weighted by atomic mass is 10.1. The van der Waals surface area contributed by atoms with E-state index in [4.69, 9.17) is 10.5 Å². The molecule has 0 fully saturated rings. The van der Waals surface area contributed by atoms with Crippen LogP contribution >= 0.6 is 0 Å². The highest BCUT2D eigenvalue weighted by Crippen LogP contribution is 2.17. The molecule has 0 saturated heterocycles. The average Bonchev–Trinajstić information content (AvgIpc) is 3.29. The lowest BCUT2D eigenvalue weighted by Gasteiger charge is -2.19. The summed E-state index contributed by atoms with van der Waals surface area (Å²) in [7, 11) is 2.45. The number of aromatic hydroxyl groups is 2. The maximum absolute atomic E-state index is 13.1. The van der Waals surface area contributed by atoms with E-state index >= 15 is 0 Å². The van der Waals surface area contributed by atoms with E-state index in [9.17, 15) is 34.2 Å². The molecule has 3 amide bonds. The van der Waals surface area contributed by atoms with Crippen molar-refractivity contribution in [3.05, 3.63) is 129 Å². The largest absolute Gasteiger partial charge is 0.508 e. The second-order valence-corrected chi connectivity index (χ2v) is 15.5. The molecule has 2 aromatic heterocycles. The predicted molar refractivity (Wildman–Crippen MR) is 252 cm³/mol. The van der Waals surface area contributed by atoms with Gasteiger partial charge < -0.3 is 52.0 Å². The molecule has 0 aliphatic carbocycles. The Labute approximate surface area is 389 Å². The topological polar surface area (TPSA) is 282 Å². The third kappa shape index (κ3) is 16.1.